The summed E-state index contributed by atoms with van der Waals surface area (Å²) in [4.78, 5) is 2.14. The first-order valence-electron chi connectivity index (χ1n) is 3.66. The van der Waals surface area contributed by atoms with E-state index in [2.05, 4.69) is 23.8 Å². The van der Waals surface area contributed by atoms with Gasteiger partial charge in [0.05, 0.1) is 0 Å². The monoisotopic (exact) mass is 143 g/mol. The van der Waals surface area contributed by atoms with Crippen LogP contribution in [0, 0.1) is 0 Å². The summed E-state index contributed by atoms with van der Waals surface area (Å²) in [6, 6.07) is 0. The summed E-state index contributed by atoms with van der Waals surface area (Å²) in [5.74, 6) is 0. The van der Waals surface area contributed by atoms with Crippen LogP contribution in [0.15, 0.2) is 5.10 Å². The molecule has 0 aliphatic rings. The Bertz CT molecular complexity index is 95.0. The Morgan fingerprint density at radius 1 is 1.20 bits per heavy atom. The fourth-order valence-electron chi connectivity index (χ4n) is 0.563. The van der Waals surface area contributed by atoms with E-state index in [1.54, 1.807) is 5.01 Å². The Balaban J connectivity index is 3.61. The van der Waals surface area contributed by atoms with Crippen molar-refractivity contribution in [2.24, 2.45) is 5.10 Å². The molecule has 10 heavy (non-hydrogen) atoms. The van der Waals surface area contributed by atoms with E-state index in [0.717, 1.165) is 13.1 Å². The lowest BCUT2D eigenvalue weighted by Gasteiger charge is -2.14. The minimum atomic E-state index is 1.02. The zero-order valence-corrected chi connectivity index (χ0v) is 7.33. The van der Waals surface area contributed by atoms with Gasteiger partial charge in [-0.2, -0.15) is 5.10 Å². The van der Waals surface area contributed by atoms with E-state index in [1.165, 1.54) is 0 Å². The SMILES string of the molecule is CCN(/C=N/N(C)C)CC. The molecule has 0 rings (SSSR count). The van der Waals surface area contributed by atoms with Crippen LogP contribution in [0.4, 0.5) is 0 Å². The number of hydrogen-bond acceptors (Lipinski definition) is 2. The summed E-state index contributed by atoms with van der Waals surface area (Å²) in [6.45, 7) is 6.28. The molecule has 0 aliphatic carbocycles. The maximum absolute atomic E-state index is 4.10. The van der Waals surface area contributed by atoms with Gasteiger partial charge in [0.25, 0.3) is 0 Å². The van der Waals surface area contributed by atoms with E-state index in [0.29, 0.717) is 0 Å². The van der Waals surface area contributed by atoms with Crippen molar-refractivity contribution in [2.75, 3.05) is 27.2 Å². The Hall–Kier alpha value is -0.730. The van der Waals surface area contributed by atoms with E-state index in [4.69, 9.17) is 0 Å². The minimum absolute atomic E-state index is 1.02. The summed E-state index contributed by atoms with van der Waals surface area (Å²) in [7, 11) is 3.83. The first-order valence-corrected chi connectivity index (χ1v) is 3.66. The third kappa shape index (κ3) is 4.18. The number of nitrogens with zero attached hydrogens (tertiary/aromatic N) is 3. The molecule has 0 saturated carbocycles. The molecular formula is C7H17N3. The molecule has 0 heterocycles. The molecule has 0 aromatic rings. The first-order chi connectivity index (χ1) is 4.70. The van der Waals surface area contributed by atoms with Crippen molar-refractivity contribution in [1.82, 2.24) is 9.91 Å². The lowest BCUT2D eigenvalue weighted by Crippen LogP contribution is -2.22. The fourth-order valence-corrected chi connectivity index (χ4v) is 0.563. The molecule has 0 amide bonds. The zero-order chi connectivity index (χ0) is 7.98. The van der Waals surface area contributed by atoms with Gasteiger partial charge < -0.3 is 9.91 Å². The van der Waals surface area contributed by atoms with Gasteiger partial charge in [0.2, 0.25) is 0 Å². The lowest BCUT2D eigenvalue weighted by molar-refractivity contribution is 0.411. The van der Waals surface area contributed by atoms with Gasteiger partial charge in [-0.25, -0.2) is 0 Å². The highest BCUT2D eigenvalue weighted by molar-refractivity contribution is 5.54. The molecule has 0 N–H and O–H groups in total. The van der Waals surface area contributed by atoms with Crippen LogP contribution in [0.25, 0.3) is 0 Å². The van der Waals surface area contributed by atoms with E-state index >= 15 is 0 Å². The maximum atomic E-state index is 4.10. The van der Waals surface area contributed by atoms with Crippen LogP contribution < -0.4 is 0 Å². The molecule has 0 saturated heterocycles. The lowest BCUT2D eigenvalue weighted by atomic mass is 10.6. The van der Waals surface area contributed by atoms with Crippen molar-refractivity contribution in [2.45, 2.75) is 13.8 Å². The van der Waals surface area contributed by atoms with Crippen LogP contribution in [0.2, 0.25) is 0 Å². The maximum Gasteiger partial charge on any atom is 0.111 e. The van der Waals surface area contributed by atoms with Gasteiger partial charge in [-0.05, 0) is 13.8 Å². The van der Waals surface area contributed by atoms with Gasteiger partial charge in [-0.3, -0.25) is 0 Å². The molecule has 0 bridgehead atoms. The number of hydrogen-bond donors (Lipinski definition) is 0. The molecule has 0 fully saturated rings. The summed E-state index contributed by atoms with van der Waals surface area (Å²) in [6.07, 6.45) is 1.86. The average molecular weight is 143 g/mol. The molecule has 60 valence electrons. The topological polar surface area (TPSA) is 18.8 Å². The van der Waals surface area contributed by atoms with Crippen molar-refractivity contribution in [3.63, 3.8) is 0 Å². The molecule has 3 nitrogen and oxygen atoms in total. The molecule has 0 unspecified atom stereocenters. The second-order valence-electron chi connectivity index (χ2n) is 2.30. The highest BCUT2D eigenvalue weighted by Crippen LogP contribution is 1.81. The smallest absolute Gasteiger partial charge is 0.111 e. The predicted octanol–water partition coefficient (Wildman–Crippen LogP) is 0.833. The highest BCUT2D eigenvalue weighted by atomic mass is 15.4. The van der Waals surface area contributed by atoms with Crippen LogP contribution in [0.3, 0.4) is 0 Å². The molecule has 0 aromatic carbocycles. The van der Waals surface area contributed by atoms with Crippen LogP contribution in [-0.2, 0) is 0 Å². The van der Waals surface area contributed by atoms with Gasteiger partial charge in [-0.1, -0.05) is 0 Å². The first kappa shape index (κ1) is 9.27. The quantitative estimate of drug-likeness (QED) is 0.330. The zero-order valence-electron chi connectivity index (χ0n) is 7.33. The van der Waals surface area contributed by atoms with Crippen molar-refractivity contribution in [3.05, 3.63) is 0 Å². The standard InChI is InChI=1S/C7H17N3/c1-5-10(6-2)7-8-9(3)4/h7H,5-6H2,1-4H3/b8-7+. The normalized spacial score (nSPS) is 10.4. The van der Waals surface area contributed by atoms with Crippen LogP contribution >= 0.6 is 0 Å². The Kier molecular flexibility index (Phi) is 4.72. The van der Waals surface area contributed by atoms with Crippen LogP contribution in [0.1, 0.15) is 13.8 Å². The second kappa shape index (κ2) is 5.09. The van der Waals surface area contributed by atoms with Crippen molar-refractivity contribution in [3.8, 4) is 0 Å². The van der Waals surface area contributed by atoms with E-state index in [-0.39, 0.29) is 0 Å². The van der Waals surface area contributed by atoms with Crippen LogP contribution in [-0.4, -0.2) is 43.4 Å². The summed E-state index contributed by atoms with van der Waals surface area (Å²) < 4.78 is 0. The summed E-state index contributed by atoms with van der Waals surface area (Å²) in [5, 5.41) is 5.89. The molecule has 0 aromatic heterocycles. The molecule has 0 aliphatic heterocycles. The Labute approximate surface area is 63.3 Å². The van der Waals surface area contributed by atoms with Crippen LogP contribution in [0.5, 0.6) is 0 Å². The van der Waals surface area contributed by atoms with Crippen molar-refractivity contribution in [1.29, 1.82) is 0 Å². The minimum Gasteiger partial charge on any atom is -0.362 e. The van der Waals surface area contributed by atoms with Crippen molar-refractivity contribution >= 4 is 6.34 Å². The molecular weight excluding hydrogens is 126 g/mol. The molecule has 0 radical (unpaired) electrons. The Morgan fingerprint density at radius 2 is 1.70 bits per heavy atom. The summed E-state index contributed by atoms with van der Waals surface area (Å²) >= 11 is 0. The van der Waals surface area contributed by atoms with Gasteiger partial charge in [-0.15, -0.1) is 0 Å². The van der Waals surface area contributed by atoms with Gasteiger partial charge in [0, 0.05) is 27.2 Å². The van der Waals surface area contributed by atoms with E-state index in [1.807, 2.05) is 20.4 Å². The second-order valence-corrected chi connectivity index (χ2v) is 2.30. The van der Waals surface area contributed by atoms with Gasteiger partial charge in [0.1, 0.15) is 6.34 Å². The molecule has 0 spiro atoms. The fraction of sp³-hybridized carbons (Fsp3) is 0.857. The number of hydrazone groups is 1. The third-order valence-corrected chi connectivity index (χ3v) is 1.26. The summed E-state index contributed by atoms with van der Waals surface area (Å²) in [5.41, 5.74) is 0. The van der Waals surface area contributed by atoms with Gasteiger partial charge >= 0.3 is 0 Å². The van der Waals surface area contributed by atoms with Crippen molar-refractivity contribution < 1.29 is 0 Å². The Morgan fingerprint density at radius 3 is 2.00 bits per heavy atom. The molecule has 0 atom stereocenters. The van der Waals surface area contributed by atoms with Gasteiger partial charge in [0.15, 0.2) is 0 Å². The number of rotatable bonds is 4. The van der Waals surface area contributed by atoms with E-state index < -0.39 is 0 Å². The highest BCUT2D eigenvalue weighted by Gasteiger charge is 1.88. The molecule has 3 heteroatoms. The largest absolute Gasteiger partial charge is 0.362 e. The third-order valence-electron chi connectivity index (χ3n) is 1.26. The van der Waals surface area contributed by atoms with E-state index in [9.17, 15) is 0 Å². The predicted molar refractivity (Wildman–Crippen MR) is 45.1 cm³/mol. The average Bonchev–Trinajstić information content (AvgIpc) is 1.90.